The zero-order valence-corrected chi connectivity index (χ0v) is 10.3. The van der Waals surface area contributed by atoms with Gasteiger partial charge in [0.1, 0.15) is 0 Å². The molecule has 17 heavy (non-hydrogen) atoms. The van der Waals surface area contributed by atoms with Crippen LogP contribution in [0.1, 0.15) is 18.4 Å². The second-order valence-electron chi connectivity index (χ2n) is 4.80. The molecule has 88 valence electrons. The molecule has 1 saturated carbocycles. The van der Waals surface area contributed by atoms with E-state index in [1.165, 1.54) is 18.4 Å². The molecule has 0 spiro atoms. The van der Waals surface area contributed by atoms with E-state index in [-0.39, 0.29) is 0 Å². The smallest absolute Gasteiger partial charge is 0.0167 e. The van der Waals surface area contributed by atoms with Crippen LogP contribution in [0.15, 0.2) is 61.7 Å². The number of rotatable bonds is 4. The summed E-state index contributed by atoms with van der Waals surface area (Å²) < 4.78 is 0. The molecule has 0 bridgehead atoms. The Morgan fingerprint density at radius 3 is 2.06 bits per heavy atom. The molecule has 0 heteroatoms. The third-order valence-electron chi connectivity index (χ3n) is 3.67. The Labute approximate surface area is 104 Å². The normalized spacial score (nSPS) is 28.4. The molecule has 0 amide bonds. The van der Waals surface area contributed by atoms with Gasteiger partial charge in [0.2, 0.25) is 0 Å². The van der Waals surface area contributed by atoms with Crippen molar-refractivity contribution >= 4 is 6.08 Å². The second-order valence-corrected chi connectivity index (χ2v) is 4.80. The highest BCUT2D eigenvalue weighted by Gasteiger charge is 2.28. The van der Waals surface area contributed by atoms with Crippen LogP contribution in [0.2, 0.25) is 0 Å². The van der Waals surface area contributed by atoms with Gasteiger partial charge >= 0.3 is 0 Å². The molecule has 1 aliphatic carbocycles. The minimum atomic E-state index is 0.609. The Balaban J connectivity index is 1.99. The summed E-state index contributed by atoms with van der Waals surface area (Å²) in [6.45, 7) is 7.84. The first-order valence-corrected chi connectivity index (χ1v) is 6.32. The van der Waals surface area contributed by atoms with Gasteiger partial charge < -0.3 is 0 Å². The molecule has 2 rings (SSSR count). The Bertz CT molecular complexity index is 383. The fraction of sp³-hybridized carbons (Fsp3) is 0.294. The van der Waals surface area contributed by atoms with E-state index in [1.807, 2.05) is 6.07 Å². The van der Waals surface area contributed by atoms with Crippen LogP contribution in [-0.2, 0) is 0 Å². The Morgan fingerprint density at radius 2 is 1.53 bits per heavy atom. The summed E-state index contributed by atoms with van der Waals surface area (Å²) in [6.07, 6.45) is 11.2. The zero-order chi connectivity index (χ0) is 12.1. The Morgan fingerprint density at radius 1 is 0.941 bits per heavy atom. The third-order valence-corrected chi connectivity index (χ3v) is 3.67. The summed E-state index contributed by atoms with van der Waals surface area (Å²) in [6, 6.07) is 10.5. The number of hydrogen-bond acceptors (Lipinski definition) is 0. The molecule has 1 aromatic rings. The SMILES string of the molecule is C=CC1CC(C=Cc2ccccc2)CC1C=C. The lowest BCUT2D eigenvalue weighted by atomic mass is 9.97. The quantitative estimate of drug-likeness (QED) is 0.649. The second kappa shape index (κ2) is 5.67. The summed E-state index contributed by atoms with van der Waals surface area (Å²) in [7, 11) is 0. The Kier molecular flexibility index (Phi) is 3.98. The van der Waals surface area contributed by atoms with Crippen LogP contribution in [0.3, 0.4) is 0 Å². The fourth-order valence-corrected chi connectivity index (χ4v) is 2.66. The summed E-state index contributed by atoms with van der Waals surface area (Å²) >= 11 is 0. The highest BCUT2D eigenvalue weighted by molar-refractivity contribution is 5.49. The summed E-state index contributed by atoms with van der Waals surface area (Å²) in [4.78, 5) is 0. The number of hydrogen-bond donors (Lipinski definition) is 0. The van der Waals surface area contributed by atoms with Crippen LogP contribution >= 0.6 is 0 Å². The molecule has 1 fully saturated rings. The summed E-state index contributed by atoms with van der Waals surface area (Å²) in [5.41, 5.74) is 1.28. The topological polar surface area (TPSA) is 0 Å². The molecule has 0 N–H and O–H groups in total. The van der Waals surface area contributed by atoms with Crippen molar-refractivity contribution in [3.8, 4) is 0 Å². The van der Waals surface area contributed by atoms with E-state index in [0.29, 0.717) is 17.8 Å². The van der Waals surface area contributed by atoms with Gasteiger partial charge in [-0.25, -0.2) is 0 Å². The average Bonchev–Trinajstić information content (AvgIpc) is 2.80. The van der Waals surface area contributed by atoms with E-state index in [2.05, 4.69) is 61.7 Å². The minimum absolute atomic E-state index is 0.609. The lowest BCUT2D eigenvalue weighted by Gasteiger charge is -2.08. The highest BCUT2D eigenvalue weighted by Crippen LogP contribution is 2.38. The van der Waals surface area contributed by atoms with Crippen molar-refractivity contribution in [1.29, 1.82) is 0 Å². The van der Waals surface area contributed by atoms with Gasteiger partial charge in [-0.3, -0.25) is 0 Å². The largest absolute Gasteiger partial charge is 0.103 e. The van der Waals surface area contributed by atoms with Gasteiger partial charge in [0.15, 0.2) is 0 Å². The molecule has 0 nitrogen and oxygen atoms in total. The van der Waals surface area contributed by atoms with Crippen molar-refractivity contribution in [3.05, 3.63) is 67.3 Å². The lowest BCUT2D eigenvalue weighted by molar-refractivity contribution is 0.560. The highest BCUT2D eigenvalue weighted by atomic mass is 14.3. The fourth-order valence-electron chi connectivity index (χ4n) is 2.66. The standard InChI is InChI=1S/C17H20/c1-3-16-12-15(13-17(16)4-2)11-10-14-8-6-5-7-9-14/h3-11,15-17H,1-2,12-13H2. The van der Waals surface area contributed by atoms with Crippen LogP contribution in [0.25, 0.3) is 6.08 Å². The Hall–Kier alpha value is -1.56. The first kappa shape index (κ1) is 11.9. The molecule has 2 unspecified atom stereocenters. The zero-order valence-electron chi connectivity index (χ0n) is 10.3. The van der Waals surface area contributed by atoms with E-state index in [4.69, 9.17) is 0 Å². The van der Waals surface area contributed by atoms with Crippen molar-refractivity contribution < 1.29 is 0 Å². The van der Waals surface area contributed by atoms with Crippen molar-refractivity contribution in [2.75, 3.05) is 0 Å². The molecule has 2 atom stereocenters. The van der Waals surface area contributed by atoms with Crippen LogP contribution in [0, 0.1) is 17.8 Å². The predicted octanol–water partition coefficient (Wildman–Crippen LogP) is 4.71. The van der Waals surface area contributed by atoms with Gasteiger partial charge in [-0.05, 0) is 36.2 Å². The van der Waals surface area contributed by atoms with Gasteiger partial charge in [-0.2, -0.15) is 0 Å². The van der Waals surface area contributed by atoms with E-state index < -0.39 is 0 Å². The molecule has 0 heterocycles. The van der Waals surface area contributed by atoms with Crippen molar-refractivity contribution in [1.82, 2.24) is 0 Å². The molecule has 0 radical (unpaired) electrons. The van der Waals surface area contributed by atoms with E-state index in [0.717, 1.165) is 0 Å². The van der Waals surface area contributed by atoms with Gasteiger partial charge in [0.25, 0.3) is 0 Å². The van der Waals surface area contributed by atoms with Crippen LogP contribution in [0.5, 0.6) is 0 Å². The van der Waals surface area contributed by atoms with Gasteiger partial charge in [0, 0.05) is 0 Å². The third kappa shape index (κ3) is 2.97. The molecule has 0 saturated heterocycles. The maximum Gasteiger partial charge on any atom is -0.0167 e. The minimum Gasteiger partial charge on any atom is -0.103 e. The molecule has 0 aromatic heterocycles. The average molecular weight is 224 g/mol. The molecule has 0 aliphatic heterocycles. The van der Waals surface area contributed by atoms with Crippen molar-refractivity contribution in [2.24, 2.45) is 17.8 Å². The summed E-state index contributed by atoms with van der Waals surface area (Å²) in [5.74, 6) is 1.89. The van der Waals surface area contributed by atoms with Crippen LogP contribution in [-0.4, -0.2) is 0 Å². The first-order valence-electron chi connectivity index (χ1n) is 6.32. The van der Waals surface area contributed by atoms with Crippen molar-refractivity contribution in [2.45, 2.75) is 12.8 Å². The number of allylic oxidation sites excluding steroid dienone is 3. The molecular weight excluding hydrogens is 204 g/mol. The maximum atomic E-state index is 3.92. The van der Waals surface area contributed by atoms with E-state index in [1.54, 1.807) is 0 Å². The molecule has 1 aliphatic rings. The van der Waals surface area contributed by atoms with Gasteiger partial charge in [0.05, 0.1) is 0 Å². The van der Waals surface area contributed by atoms with Gasteiger partial charge in [-0.1, -0.05) is 54.6 Å². The first-order chi connectivity index (χ1) is 8.33. The van der Waals surface area contributed by atoms with E-state index in [9.17, 15) is 0 Å². The van der Waals surface area contributed by atoms with Gasteiger partial charge in [-0.15, -0.1) is 13.2 Å². The molecule has 1 aromatic carbocycles. The molecular formula is C17H20. The maximum absolute atomic E-state index is 3.92. The lowest BCUT2D eigenvalue weighted by Crippen LogP contribution is -1.99. The van der Waals surface area contributed by atoms with E-state index >= 15 is 0 Å². The summed E-state index contributed by atoms with van der Waals surface area (Å²) in [5, 5.41) is 0. The predicted molar refractivity (Wildman–Crippen MR) is 75.6 cm³/mol. The van der Waals surface area contributed by atoms with Crippen LogP contribution < -0.4 is 0 Å². The monoisotopic (exact) mass is 224 g/mol. The van der Waals surface area contributed by atoms with Crippen molar-refractivity contribution in [3.63, 3.8) is 0 Å². The van der Waals surface area contributed by atoms with Crippen LogP contribution in [0.4, 0.5) is 0 Å². The number of benzene rings is 1.